The van der Waals surface area contributed by atoms with E-state index in [0.717, 1.165) is 12.2 Å². The van der Waals surface area contributed by atoms with Crippen LogP contribution in [0.3, 0.4) is 0 Å². The van der Waals surface area contributed by atoms with Crippen LogP contribution in [0.15, 0.2) is 18.2 Å². The van der Waals surface area contributed by atoms with Crippen molar-refractivity contribution in [3.63, 3.8) is 0 Å². The van der Waals surface area contributed by atoms with Crippen LogP contribution in [-0.2, 0) is 6.42 Å². The first kappa shape index (κ1) is 15.0. The number of nitrogens with two attached hydrogens (primary N) is 1. The molecule has 100 valence electrons. The lowest BCUT2D eigenvalue weighted by Gasteiger charge is -2.22. The zero-order valence-corrected chi connectivity index (χ0v) is 12.5. The Morgan fingerprint density at radius 3 is 2.50 bits per heavy atom. The molecular formula is C15H23NOS. The Morgan fingerprint density at radius 1 is 1.33 bits per heavy atom. The minimum Gasteiger partial charge on any atom is -0.494 e. The largest absolute Gasteiger partial charge is 0.494 e. The maximum Gasteiger partial charge on any atom is 0.122 e. The molecule has 0 saturated heterocycles. The van der Waals surface area contributed by atoms with E-state index in [1.165, 1.54) is 11.1 Å². The van der Waals surface area contributed by atoms with Crippen molar-refractivity contribution in [2.24, 2.45) is 11.7 Å². The molecule has 0 fully saturated rings. The lowest BCUT2D eigenvalue weighted by Crippen LogP contribution is -2.23. The highest BCUT2D eigenvalue weighted by molar-refractivity contribution is 7.80. The Morgan fingerprint density at radius 2 is 2.00 bits per heavy atom. The number of hydrogen-bond donors (Lipinski definition) is 1. The van der Waals surface area contributed by atoms with Crippen molar-refractivity contribution >= 4 is 17.2 Å². The van der Waals surface area contributed by atoms with Crippen molar-refractivity contribution in [1.29, 1.82) is 0 Å². The summed E-state index contributed by atoms with van der Waals surface area (Å²) in [6, 6.07) is 6.39. The van der Waals surface area contributed by atoms with Crippen LogP contribution in [0.4, 0.5) is 0 Å². The van der Waals surface area contributed by atoms with E-state index >= 15 is 0 Å². The average Bonchev–Trinajstić information content (AvgIpc) is 2.37. The zero-order chi connectivity index (χ0) is 13.7. The molecule has 1 rings (SSSR count). The van der Waals surface area contributed by atoms with Gasteiger partial charge in [-0.05, 0) is 36.5 Å². The Hall–Kier alpha value is -1.09. The minimum absolute atomic E-state index is 0.173. The van der Waals surface area contributed by atoms with Crippen LogP contribution in [0.5, 0.6) is 5.75 Å². The maximum atomic E-state index is 5.76. The first-order valence-corrected chi connectivity index (χ1v) is 6.97. The normalized spacial score (nSPS) is 14.0. The van der Waals surface area contributed by atoms with E-state index in [-0.39, 0.29) is 11.8 Å². The van der Waals surface area contributed by atoms with E-state index in [0.29, 0.717) is 11.6 Å². The Balaban J connectivity index is 3.13. The fraction of sp³-hybridized carbons (Fsp3) is 0.533. The molecule has 0 aromatic heterocycles. The molecule has 0 heterocycles. The number of benzene rings is 1. The van der Waals surface area contributed by atoms with E-state index in [1.807, 2.05) is 6.92 Å². The number of hydrogen-bond acceptors (Lipinski definition) is 2. The van der Waals surface area contributed by atoms with E-state index in [2.05, 4.69) is 39.0 Å². The molecule has 0 aliphatic rings. The zero-order valence-electron chi connectivity index (χ0n) is 11.7. The third kappa shape index (κ3) is 3.45. The smallest absolute Gasteiger partial charge is 0.122 e. The van der Waals surface area contributed by atoms with Gasteiger partial charge < -0.3 is 10.5 Å². The van der Waals surface area contributed by atoms with Crippen molar-refractivity contribution in [1.82, 2.24) is 0 Å². The molecule has 0 amide bonds. The molecule has 2 N–H and O–H groups in total. The summed E-state index contributed by atoms with van der Waals surface area (Å²) in [5.41, 5.74) is 8.28. The van der Waals surface area contributed by atoms with Gasteiger partial charge in [-0.15, -0.1) is 0 Å². The molecule has 0 saturated carbocycles. The molecule has 3 heteroatoms. The highest BCUT2D eigenvalue weighted by Crippen LogP contribution is 2.33. The van der Waals surface area contributed by atoms with Crippen LogP contribution in [0.25, 0.3) is 0 Å². The summed E-state index contributed by atoms with van der Waals surface area (Å²) >= 11 is 5.10. The molecule has 1 aromatic rings. The minimum atomic E-state index is 0.173. The molecule has 2 nitrogen and oxygen atoms in total. The molecule has 2 unspecified atom stereocenters. The first-order valence-electron chi connectivity index (χ1n) is 6.56. The van der Waals surface area contributed by atoms with Crippen LogP contribution >= 0.6 is 12.2 Å². The second-order valence-electron chi connectivity index (χ2n) is 4.64. The first-order chi connectivity index (χ1) is 8.51. The van der Waals surface area contributed by atoms with Gasteiger partial charge >= 0.3 is 0 Å². The molecule has 1 aromatic carbocycles. The third-order valence-corrected chi connectivity index (χ3v) is 3.84. The number of rotatable bonds is 6. The second kappa shape index (κ2) is 6.74. The molecular weight excluding hydrogens is 242 g/mol. The van der Waals surface area contributed by atoms with E-state index < -0.39 is 0 Å². The Kier molecular flexibility index (Phi) is 5.60. The van der Waals surface area contributed by atoms with Gasteiger partial charge in [0.15, 0.2) is 0 Å². The molecule has 0 spiro atoms. The number of ether oxygens (including phenoxy) is 1. The maximum absolute atomic E-state index is 5.76. The van der Waals surface area contributed by atoms with Gasteiger partial charge in [0.1, 0.15) is 5.75 Å². The van der Waals surface area contributed by atoms with Gasteiger partial charge in [-0.1, -0.05) is 45.1 Å². The van der Waals surface area contributed by atoms with Gasteiger partial charge in [0.25, 0.3) is 0 Å². The lowest BCUT2D eigenvalue weighted by atomic mass is 9.87. The fourth-order valence-electron chi connectivity index (χ4n) is 1.98. The summed E-state index contributed by atoms with van der Waals surface area (Å²) in [4.78, 5) is 0.562. The standard InChI is InChI=1S/C15H23NOS/c1-5-12-7-8-14(17-6-2)13(9-12)10(3)11(4)15(16)18/h7-11H,5-6H2,1-4H3,(H2,16,18). The van der Waals surface area contributed by atoms with Crippen molar-refractivity contribution in [2.45, 2.75) is 40.0 Å². The lowest BCUT2D eigenvalue weighted by molar-refractivity contribution is 0.333. The average molecular weight is 265 g/mol. The molecule has 0 aliphatic heterocycles. The van der Waals surface area contributed by atoms with E-state index in [9.17, 15) is 0 Å². The number of thiocarbonyl (C=S) groups is 1. The van der Waals surface area contributed by atoms with Gasteiger partial charge in [-0.25, -0.2) is 0 Å². The highest BCUT2D eigenvalue weighted by Gasteiger charge is 2.20. The number of aryl methyl sites for hydroxylation is 1. The van der Waals surface area contributed by atoms with Crippen LogP contribution in [0.1, 0.15) is 44.7 Å². The van der Waals surface area contributed by atoms with Gasteiger partial charge in [-0.2, -0.15) is 0 Å². The summed E-state index contributed by atoms with van der Waals surface area (Å²) in [6.07, 6.45) is 1.02. The molecule has 18 heavy (non-hydrogen) atoms. The van der Waals surface area contributed by atoms with E-state index in [1.54, 1.807) is 0 Å². The Labute approximate surface area is 116 Å². The third-order valence-electron chi connectivity index (χ3n) is 3.47. The molecule has 2 atom stereocenters. The summed E-state index contributed by atoms with van der Waals surface area (Å²) in [5, 5.41) is 0. The predicted molar refractivity (Wildman–Crippen MR) is 81.4 cm³/mol. The summed E-state index contributed by atoms with van der Waals surface area (Å²) in [5.74, 6) is 1.40. The Bertz CT molecular complexity index is 417. The molecule has 0 bridgehead atoms. The van der Waals surface area contributed by atoms with Crippen LogP contribution in [0.2, 0.25) is 0 Å². The molecule has 0 radical (unpaired) electrons. The second-order valence-corrected chi connectivity index (χ2v) is 5.11. The van der Waals surface area contributed by atoms with Crippen molar-refractivity contribution in [3.8, 4) is 5.75 Å². The van der Waals surface area contributed by atoms with Crippen molar-refractivity contribution in [2.75, 3.05) is 6.61 Å². The van der Waals surface area contributed by atoms with Gasteiger partial charge in [0.2, 0.25) is 0 Å². The SMILES string of the molecule is CCOc1ccc(CC)cc1C(C)C(C)C(N)=S. The van der Waals surface area contributed by atoms with Crippen molar-refractivity contribution < 1.29 is 4.74 Å². The quantitative estimate of drug-likeness (QED) is 0.797. The summed E-state index contributed by atoms with van der Waals surface area (Å²) in [7, 11) is 0. The van der Waals surface area contributed by atoms with Gasteiger partial charge in [0.05, 0.1) is 11.6 Å². The van der Waals surface area contributed by atoms with E-state index in [4.69, 9.17) is 22.7 Å². The van der Waals surface area contributed by atoms with Crippen molar-refractivity contribution in [3.05, 3.63) is 29.3 Å². The van der Waals surface area contributed by atoms with Crippen LogP contribution in [0, 0.1) is 5.92 Å². The summed E-state index contributed by atoms with van der Waals surface area (Å²) < 4.78 is 5.70. The summed E-state index contributed by atoms with van der Waals surface area (Å²) in [6.45, 7) is 9.05. The molecule has 0 aliphatic carbocycles. The van der Waals surface area contributed by atoms with Gasteiger partial charge in [-0.3, -0.25) is 0 Å². The fourth-order valence-corrected chi connectivity index (χ4v) is 2.18. The van der Waals surface area contributed by atoms with Crippen LogP contribution < -0.4 is 10.5 Å². The topological polar surface area (TPSA) is 35.2 Å². The predicted octanol–water partition coefficient (Wildman–Crippen LogP) is 3.67. The van der Waals surface area contributed by atoms with Crippen LogP contribution in [-0.4, -0.2) is 11.6 Å². The monoisotopic (exact) mass is 265 g/mol. The van der Waals surface area contributed by atoms with Gasteiger partial charge in [0, 0.05) is 5.92 Å². The highest BCUT2D eigenvalue weighted by atomic mass is 32.1.